The molecule has 5 atom stereocenters. The van der Waals surface area contributed by atoms with Crippen molar-refractivity contribution in [2.45, 2.75) is 78.9 Å². The van der Waals surface area contributed by atoms with Gasteiger partial charge in [-0.05, 0) is 43.4 Å². The first-order chi connectivity index (χ1) is 10.5. The molecule has 0 radical (unpaired) electrons. The van der Waals surface area contributed by atoms with Gasteiger partial charge in [0.2, 0.25) is 0 Å². The van der Waals surface area contributed by atoms with E-state index in [1.54, 1.807) is 0 Å². The van der Waals surface area contributed by atoms with Crippen LogP contribution in [0.1, 0.15) is 66.7 Å². The van der Waals surface area contributed by atoms with Gasteiger partial charge < -0.3 is 9.57 Å². The monoisotopic (exact) mass is 309 g/mol. The maximum atomic E-state index is 12.6. The third-order valence-electron chi connectivity index (χ3n) is 5.36. The fourth-order valence-corrected chi connectivity index (χ4v) is 3.89. The van der Waals surface area contributed by atoms with E-state index in [9.17, 15) is 4.79 Å². The van der Waals surface area contributed by atoms with Crippen LogP contribution in [0.3, 0.4) is 0 Å². The topological polar surface area (TPSA) is 47.9 Å². The summed E-state index contributed by atoms with van der Waals surface area (Å²) in [5, 5.41) is 4.04. The third-order valence-corrected chi connectivity index (χ3v) is 5.36. The summed E-state index contributed by atoms with van der Waals surface area (Å²) in [6.45, 7) is 10.8. The molecule has 0 bridgehead atoms. The maximum Gasteiger partial charge on any atom is 0.356 e. The fraction of sp³-hybridized carbons (Fsp3) is 0.889. The van der Waals surface area contributed by atoms with Crippen LogP contribution in [0.2, 0.25) is 0 Å². The van der Waals surface area contributed by atoms with Gasteiger partial charge in [0.05, 0.1) is 5.92 Å². The first kappa shape index (κ1) is 17.3. The fourth-order valence-electron chi connectivity index (χ4n) is 3.89. The molecule has 2 rings (SSSR count). The van der Waals surface area contributed by atoms with Crippen LogP contribution in [0.4, 0.5) is 0 Å². The SMILES string of the molecule is CC[C@H]1ON=C(C(=O)O[C@@H]2C[C@H](C)CC[C@H]2C(C)C)[C@@H]1CC. The Balaban J connectivity index is 2.03. The second-order valence-electron chi connectivity index (χ2n) is 7.31. The zero-order chi connectivity index (χ0) is 16.3. The Morgan fingerprint density at radius 3 is 2.64 bits per heavy atom. The predicted molar refractivity (Wildman–Crippen MR) is 87.6 cm³/mol. The Morgan fingerprint density at radius 1 is 1.32 bits per heavy atom. The molecule has 126 valence electrons. The number of hydrogen-bond donors (Lipinski definition) is 0. The molecule has 2 aliphatic rings. The number of nitrogens with zero attached hydrogens (tertiary/aromatic N) is 1. The highest BCUT2D eigenvalue weighted by atomic mass is 16.6. The summed E-state index contributed by atoms with van der Waals surface area (Å²) in [7, 11) is 0. The lowest BCUT2D eigenvalue weighted by Gasteiger charge is -2.36. The van der Waals surface area contributed by atoms with E-state index in [2.05, 4.69) is 39.8 Å². The lowest BCUT2D eigenvalue weighted by molar-refractivity contribution is -0.147. The second kappa shape index (κ2) is 7.47. The molecule has 0 aromatic rings. The van der Waals surface area contributed by atoms with Crippen LogP contribution in [0.25, 0.3) is 0 Å². The van der Waals surface area contributed by atoms with Crippen molar-refractivity contribution in [2.24, 2.45) is 28.8 Å². The number of carbonyl (C=O) groups is 1. The van der Waals surface area contributed by atoms with Crippen molar-refractivity contribution < 1.29 is 14.4 Å². The van der Waals surface area contributed by atoms with Gasteiger partial charge in [0, 0.05) is 0 Å². The normalized spacial score (nSPS) is 35.2. The highest BCUT2D eigenvalue weighted by Crippen LogP contribution is 2.36. The average molecular weight is 309 g/mol. The highest BCUT2D eigenvalue weighted by Gasteiger charge is 2.40. The average Bonchev–Trinajstić information content (AvgIpc) is 2.89. The summed E-state index contributed by atoms with van der Waals surface area (Å²) in [5.41, 5.74) is 0.495. The van der Waals surface area contributed by atoms with E-state index in [1.165, 1.54) is 6.42 Å². The predicted octanol–water partition coefficient (Wildman–Crippen LogP) is 4.18. The standard InChI is InChI=1S/C18H31NO3/c1-6-13-15(7-2)22-19-17(13)18(20)21-16-10-12(5)8-9-14(16)11(3)4/h11-16H,6-10H2,1-5H3/t12-,13-,14+,15-,16-/m1/s1. The van der Waals surface area contributed by atoms with Crippen molar-refractivity contribution in [3.05, 3.63) is 0 Å². The number of rotatable bonds is 5. The van der Waals surface area contributed by atoms with Gasteiger partial charge in [-0.15, -0.1) is 0 Å². The number of ether oxygens (including phenoxy) is 1. The van der Waals surface area contributed by atoms with E-state index < -0.39 is 0 Å². The maximum absolute atomic E-state index is 12.6. The molecule has 1 saturated carbocycles. The zero-order valence-electron chi connectivity index (χ0n) is 14.7. The molecule has 1 fully saturated rings. The Bertz CT molecular complexity index is 419. The molecule has 0 spiro atoms. The summed E-state index contributed by atoms with van der Waals surface area (Å²) in [4.78, 5) is 18.0. The van der Waals surface area contributed by atoms with Crippen molar-refractivity contribution in [1.29, 1.82) is 0 Å². The highest BCUT2D eigenvalue weighted by molar-refractivity contribution is 6.37. The first-order valence-corrected chi connectivity index (χ1v) is 8.92. The van der Waals surface area contributed by atoms with E-state index in [0.29, 0.717) is 23.5 Å². The van der Waals surface area contributed by atoms with Gasteiger partial charge in [0.25, 0.3) is 0 Å². The van der Waals surface area contributed by atoms with Crippen LogP contribution in [0, 0.1) is 23.7 Å². The molecule has 4 heteroatoms. The summed E-state index contributed by atoms with van der Waals surface area (Å²) < 4.78 is 5.89. The lowest BCUT2D eigenvalue weighted by atomic mass is 9.75. The summed E-state index contributed by atoms with van der Waals surface area (Å²) in [5.74, 6) is 1.45. The Kier molecular flexibility index (Phi) is 5.87. The molecule has 0 saturated heterocycles. The minimum Gasteiger partial charge on any atom is -0.457 e. The van der Waals surface area contributed by atoms with Gasteiger partial charge >= 0.3 is 5.97 Å². The van der Waals surface area contributed by atoms with Crippen LogP contribution in [-0.4, -0.2) is 23.9 Å². The number of hydrogen-bond acceptors (Lipinski definition) is 4. The Labute approximate surface area is 134 Å². The van der Waals surface area contributed by atoms with E-state index in [0.717, 1.165) is 25.7 Å². The molecule has 0 aromatic carbocycles. The Morgan fingerprint density at radius 2 is 2.05 bits per heavy atom. The quantitative estimate of drug-likeness (QED) is 0.716. The molecule has 0 unspecified atom stereocenters. The van der Waals surface area contributed by atoms with Crippen LogP contribution in [-0.2, 0) is 14.4 Å². The number of esters is 1. The van der Waals surface area contributed by atoms with Crippen molar-refractivity contribution in [2.75, 3.05) is 0 Å². The first-order valence-electron chi connectivity index (χ1n) is 8.92. The molecular weight excluding hydrogens is 278 g/mol. The van der Waals surface area contributed by atoms with Gasteiger partial charge in [-0.1, -0.05) is 46.2 Å². The van der Waals surface area contributed by atoms with E-state index >= 15 is 0 Å². The molecule has 0 aromatic heterocycles. The zero-order valence-corrected chi connectivity index (χ0v) is 14.7. The summed E-state index contributed by atoms with van der Waals surface area (Å²) >= 11 is 0. The minimum absolute atomic E-state index is 0.0251. The molecule has 0 amide bonds. The Hall–Kier alpha value is -1.06. The molecular formula is C18H31NO3. The molecule has 22 heavy (non-hydrogen) atoms. The van der Waals surface area contributed by atoms with Gasteiger partial charge in [0.1, 0.15) is 12.2 Å². The van der Waals surface area contributed by atoms with Gasteiger partial charge in [-0.25, -0.2) is 4.79 Å². The lowest BCUT2D eigenvalue weighted by Crippen LogP contribution is -2.39. The van der Waals surface area contributed by atoms with Crippen LogP contribution in [0.15, 0.2) is 5.16 Å². The van der Waals surface area contributed by atoms with Gasteiger partial charge in [-0.2, -0.15) is 0 Å². The smallest absolute Gasteiger partial charge is 0.356 e. The van der Waals surface area contributed by atoms with Gasteiger partial charge in [0.15, 0.2) is 5.71 Å². The number of carbonyl (C=O) groups excluding carboxylic acids is 1. The summed E-state index contributed by atoms with van der Waals surface area (Å²) in [6.07, 6.45) is 5.13. The molecule has 1 heterocycles. The molecule has 4 nitrogen and oxygen atoms in total. The minimum atomic E-state index is -0.257. The van der Waals surface area contributed by atoms with Crippen molar-refractivity contribution in [3.8, 4) is 0 Å². The second-order valence-corrected chi connectivity index (χ2v) is 7.31. The van der Waals surface area contributed by atoms with E-state index in [1.807, 2.05) is 0 Å². The van der Waals surface area contributed by atoms with Gasteiger partial charge in [-0.3, -0.25) is 0 Å². The van der Waals surface area contributed by atoms with Crippen molar-refractivity contribution >= 4 is 11.7 Å². The van der Waals surface area contributed by atoms with Crippen LogP contribution >= 0.6 is 0 Å². The number of oxime groups is 1. The molecule has 1 aliphatic heterocycles. The van der Waals surface area contributed by atoms with E-state index in [-0.39, 0.29) is 24.1 Å². The van der Waals surface area contributed by atoms with E-state index in [4.69, 9.17) is 9.57 Å². The molecule has 0 N–H and O–H groups in total. The van der Waals surface area contributed by atoms with Crippen molar-refractivity contribution in [1.82, 2.24) is 0 Å². The third kappa shape index (κ3) is 3.64. The summed E-state index contributed by atoms with van der Waals surface area (Å²) in [6, 6.07) is 0. The van der Waals surface area contributed by atoms with Crippen LogP contribution < -0.4 is 0 Å². The molecule has 1 aliphatic carbocycles. The van der Waals surface area contributed by atoms with Crippen molar-refractivity contribution in [3.63, 3.8) is 0 Å². The van der Waals surface area contributed by atoms with Crippen LogP contribution in [0.5, 0.6) is 0 Å². The largest absolute Gasteiger partial charge is 0.457 e.